The maximum Gasteiger partial charge on any atom is 0.237 e. The SMILES string of the molecule is COc1ccccc1NC(=O)[C@H](C)Sc1n[nH]c(-c2ccc(C)cc2)n1. The molecular formula is C19H20N4O2S. The smallest absolute Gasteiger partial charge is 0.237 e. The molecular weight excluding hydrogens is 348 g/mol. The van der Waals surface area contributed by atoms with E-state index in [2.05, 4.69) is 20.5 Å². The first-order valence-corrected chi connectivity index (χ1v) is 9.05. The topological polar surface area (TPSA) is 79.9 Å². The lowest BCUT2D eigenvalue weighted by molar-refractivity contribution is -0.115. The second kappa shape index (κ2) is 8.05. The molecule has 0 aliphatic rings. The number of H-pyrrole nitrogens is 1. The largest absolute Gasteiger partial charge is 0.495 e. The number of amides is 1. The number of hydrogen-bond acceptors (Lipinski definition) is 5. The molecule has 0 aliphatic carbocycles. The molecule has 0 saturated heterocycles. The summed E-state index contributed by atoms with van der Waals surface area (Å²) in [7, 11) is 1.57. The van der Waals surface area contributed by atoms with E-state index in [1.165, 1.54) is 17.3 Å². The summed E-state index contributed by atoms with van der Waals surface area (Å²) in [6, 6.07) is 15.3. The van der Waals surface area contributed by atoms with Gasteiger partial charge in [-0.25, -0.2) is 4.98 Å². The summed E-state index contributed by atoms with van der Waals surface area (Å²) >= 11 is 1.30. The molecule has 0 radical (unpaired) electrons. The number of nitrogens with zero attached hydrogens (tertiary/aromatic N) is 2. The predicted octanol–water partition coefficient (Wildman–Crippen LogP) is 3.91. The summed E-state index contributed by atoms with van der Waals surface area (Å²) in [4.78, 5) is 16.9. The molecule has 1 heterocycles. The Morgan fingerprint density at radius 3 is 2.65 bits per heavy atom. The van der Waals surface area contributed by atoms with Gasteiger partial charge in [-0.15, -0.1) is 5.10 Å². The lowest BCUT2D eigenvalue weighted by Crippen LogP contribution is -2.22. The highest BCUT2D eigenvalue weighted by Gasteiger charge is 2.18. The molecule has 0 aliphatic heterocycles. The van der Waals surface area contributed by atoms with E-state index in [1.54, 1.807) is 19.2 Å². The number of carbonyl (C=O) groups excluding carboxylic acids is 1. The van der Waals surface area contributed by atoms with E-state index in [4.69, 9.17) is 4.74 Å². The number of nitrogens with one attached hydrogen (secondary N) is 2. The van der Waals surface area contributed by atoms with Gasteiger partial charge in [0.15, 0.2) is 5.82 Å². The van der Waals surface area contributed by atoms with E-state index >= 15 is 0 Å². The van der Waals surface area contributed by atoms with E-state index in [0.717, 1.165) is 5.56 Å². The number of rotatable bonds is 6. The number of para-hydroxylation sites is 2. The van der Waals surface area contributed by atoms with Gasteiger partial charge in [0.25, 0.3) is 0 Å². The molecule has 0 bridgehead atoms. The number of anilines is 1. The van der Waals surface area contributed by atoms with E-state index in [1.807, 2.05) is 50.2 Å². The first kappa shape index (κ1) is 18.0. The molecule has 0 spiro atoms. The number of thioether (sulfide) groups is 1. The number of hydrogen-bond donors (Lipinski definition) is 2. The molecule has 0 fully saturated rings. The first-order valence-electron chi connectivity index (χ1n) is 8.17. The van der Waals surface area contributed by atoms with Crippen LogP contribution in [0.5, 0.6) is 5.75 Å². The fourth-order valence-corrected chi connectivity index (χ4v) is 3.06. The highest BCUT2D eigenvalue weighted by atomic mass is 32.2. The Labute approximate surface area is 156 Å². The highest BCUT2D eigenvalue weighted by molar-refractivity contribution is 8.00. The minimum absolute atomic E-state index is 0.138. The summed E-state index contributed by atoms with van der Waals surface area (Å²) in [6.07, 6.45) is 0. The molecule has 1 atom stereocenters. The van der Waals surface area contributed by atoms with Crippen LogP contribution in [0, 0.1) is 6.92 Å². The minimum Gasteiger partial charge on any atom is -0.495 e. The fourth-order valence-electron chi connectivity index (χ4n) is 2.33. The minimum atomic E-state index is -0.360. The Balaban J connectivity index is 1.65. The van der Waals surface area contributed by atoms with E-state index in [-0.39, 0.29) is 11.2 Å². The van der Waals surface area contributed by atoms with Crippen molar-refractivity contribution in [3.05, 3.63) is 54.1 Å². The van der Waals surface area contributed by atoms with Crippen LogP contribution >= 0.6 is 11.8 Å². The van der Waals surface area contributed by atoms with Crippen LogP contribution in [0.25, 0.3) is 11.4 Å². The lowest BCUT2D eigenvalue weighted by atomic mass is 10.1. The Morgan fingerprint density at radius 1 is 1.19 bits per heavy atom. The normalized spacial score (nSPS) is 11.8. The van der Waals surface area contributed by atoms with Crippen LogP contribution in [0.2, 0.25) is 0 Å². The first-order chi connectivity index (χ1) is 12.6. The van der Waals surface area contributed by atoms with Gasteiger partial charge in [0, 0.05) is 5.56 Å². The van der Waals surface area contributed by atoms with E-state index < -0.39 is 0 Å². The van der Waals surface area contributed by atoms with Crippen molar-refractivity contribution in [2.75, 3.05) is 12.4 Å². The number of aromatic nitrogens is 3. The van der Waals surface area contributed by atoms with Crippen LogP contribution in [0.3, 0.4) is 0 Å². The van der Waals surface area contributed by atoms with Gasteiger partial charge in [-0.2, -0.15) is 0 Å². The van der Waals surface area contributed by atoms with Crippen LogP contribution in [-0.4, -0.2) is 33.4 Å². The Kier molecular flexibility index (Phi) is 5.58. The zero-order valence-electron chi connectivity index (χ0n) is 14.8. The lowest BCUT2D eigenvalue weighted by Gasteiger charge is -2.12. The molecule has 6 nitrogen and oxygen atoms in total. The van der Waals surface area contributed by atoms with Crippen molar-refractivity contribution in [1.29, 1.82) is 0 Å². The molecule has 2 aromatic carbocycles. The third-order valence-electron chi connectivity index (χ3n) is 3.81. The summed E-state index contributed by atoms with van der Waals surface area (Å²) in [5, 5.41) is 10.2. The van der Waals surface area contributed by atoms with Crippen LogP contribution < -0.4 is 10.1 Å². The van der Waals surface area contributed by atoms with Crippen molar-refractivity contribution in [2.45, 2.75) is 24.3 Å². The van der Waals surface area contributed by atoms with Crippen molar-refractivity contribution >= 4 is 23.4 Å². The zero-order chi connectivity index (χ0) is 18.5. The van der Waals surface area contributed by atoms with Gasteiger partial charge in [0.1, 0.15) is 5.75 Å². The van der Waals surface area contributed by atoms with Crippen molar-refractivity contribution in [2.24, 2.45) is 0 Å². The quantitative estimate of drug-likeness (QED) is 0.645. The van der Waals surface area contributed by atoms with Gasteiger partial charge in [-0.05, 0) is 26.0 Å². The van der Waals surface area contributed by atoms with Crippen molar-refractivity contribution in [3.8, 4) is 17.1 Å². The number of benzene rings is 2. The molecule has 3 aromatic rings. The number of ether oxygens (including phenoxy) is 1. The molecule has 0 unspecified atom stereocenters. The van der Waals surface area contributed by atoms with Crippen LogP contribution in [0.1, 0.15) is 12.5 Å². The van der Waals surface area contributed by atoms with Crippen LogP contribution in [0.15, 0.2) is 53.7 Å². The molecule has 3 rings (SSSR count). The number of aromatic amines is 1. The molecule has 1 aromatic heterocycles. The molecule has 0 saturated carbocycles. The maximum atomic E-state index is 12.4. The third kappa shape index (κ3) is 4.23. The van der Waals surface area contributed by atoms with Gasteiger partial charge in [-0.3, -0.25) is 9.89 Å². The molecule has 7 heteroatoms. The predicted molar refractivity (Wildman–Crippen MR) is 103 cm³/mol. The zero-order valence-corrected chi connectivity index (χ0v) is 15.6. The highest BCUT2D eigenvalue weighted by Crippen LogP contribution is 2.26. The summed E-state index contributed by atoms with van der Waals surface area (Å²) < 4.78 is 5.25. The van der Waals surface area contributed by atoms with Gasteiger partial charge >= 0.3 is 0 Å². The second-order valence-electron chi connectivity index (χ2n) is 5.78. The summed E-state index contributed by atoms with van der Waals surface area (Å²) in [5.41, 5.74) is 2.79. The molecule has 134 valence electrons. The van der Waals surface area contributed by atoms with Gasteiger partial charge < -0.3 is 10.1 Å². The average molecular weight is 368 g/mol. The van der Waals surface area contributed by atoms with Gasteiger partial charge in [0.2, 0.25) is 11.1 Å². The molecule has 2 N–H and O–H groups in total. The van der Waals surface area contributed by atoms with E-state index in [9.17, 15) is 4.79 Å². The fraction of sp³-hybridized carbons (Fsp3) is 0.211. The molecule has 26 heavy (non-hydrogen) atoms. The van der Waals surface area contributed by atoms with E-state index in [0.29, 0.717) is 22.4 Å². The third-order valence-corrected chi connectivity index (χ3v) is 4.77. The Morgan fingerprint density at radius 2 is 1.92 bits per heavy atom. The van der Waals surface area contributed by atoms with Crippen LogP contribution in [0.4, 0.5) is 5.69 Å². The van der Waals surface area contributed by atoms with Crippen LogP contribution in [-0.2, 0) is 4.79 Å². The average Bonchev–Trinajstić information content (AvgIpc) is 3.11. The Hall–Kier alpha value is -2.80. The summed E-state index contributed by atoms with van der Waals surface area (Å²) in [5.74, 6) is 1.17. The number of aryl methyl sites for hydroxylation is 1. The standard InChI is InChI=1S/C19H20N4O2S/c1-12-8-10-14(11-9-12)17-21-19(23-22-17)26-13(2)18(24)20-15-6-4-5-7-16(15)25-3/h4-11,13H,1-3H3,(H,20,24)(H,21,22,23)/t13-/m0/s1. The number of methoxy groups -OCH3 is 1. The Bertz CT molecular complexity index is 893. The monoisotopic (exact) mass is 368 g/mol. The molecule has 1 amide bonds. The van der Waals surface area contributed by atoms with Crippen molar-refractivity contribution in [1.82, 2.24) is 15.2 Å². The van der Waals surface area contributed by atoms with Crippen molar-refractivity contribution < 1.29 is 9.53 Å². The second-order valence-corrected chi connectivity index (χ2v) is 7.09. The van der Waals surface area contributed by atoms with Gasteiger partial charge in [0.05, 0.1) is 18.0 Å². The van der Waals surface area contributed by atoms with Gasteiger partial charge in [-0.1, -0.05) is 53.7 Å². The maximum absolute atomic E-state index is 12.4. The summed E-state index contributed by atoms with van der Waals surface area (Å²) in [6.45, 7) is 3.85. The van der Waals surface area contributed by atoms with Crippen molar-refractivity contribution in [3.63, 3.8) is 0 Å². The number of carbonyl (C=O) groups is 1.